The van der Waals surface area contributed by atoms with Gasteiger partial charge in [-0.05, 0) is 73.4 Å². The van der Waals surface area contributed by atoms with Crippen molar-refractivity contribution in [2.24, 2.45) is 5.92 Å². The molecular formula is C19H23NO3. The number of aryl methyl sites for hydroxylation is 2. The van der Waals surface area contributed by atoms with Gasteiger partial charge in [0.1, 0.15) is 5.58 Å². The molecule has 1 aromatic heterocycles. The Morgan fingerprint density at radius 1 is 1.17 bits per heavy atom. The zero-order valence-corrected chi connectivity index (χ0v) is 13.4. The van der Waals surface area contributed by atoms with Crippen LogP contribution in [0.25, 0.3) is 11.0 Å². The third-order valence-corrected chi connectivity index (χ3v) is 5.30. The Morgan fingerprint density at radius 2 is 2.00 bits per heavy atom. The van der Waals surface area contributed by atoms with Gasteiger partial charge in [0.2, 0.25) is 0 Å². The molecule has 1 aromatic carbocycles. The van der Waals surface area contributed by atoms with Gasteiger partial charge in [0.25, 0.3) is 0 Å². The molecule has 0 amide bonds. The first-order valence-corrected chi connectivity index (χ1v) is 8.64. The third kappa shape index (κ3) is 2.93. The number of aliphatic hydroxyl groups is 1. The van der Waals surface area contributed by atoms with Crippen molar-refractivity contribution in [1.82, 2.24) is 4.90 Å². The normalized spacial score (nSPS) is 21.7. The number of fused-ring (bicyclic) bond motifs is 2. The lowest BCUT2D eigenvalue weighted by Crippen LogP contribution is -2.36. The van der Waals surface area contributed by atoms with Crippen LogP contribution in [0, 0.1) is 5.92 Å². The number of benzene rings is 1. The van der Waals surface area contributed by atoms with Gasteiger partial charge >= 0.3 is 5.63 Å². The topological polar surface area (TPSA) is 53.7 Å². The molecule has 2 heterocycles. The standard InChI is InChI=1S/C19H23NO3/c21-12-13-3-2-6-20(10-13)11-16-9-19(22)23-18-8-15-5-1-4-14(15)7-17(16)18/h7-9,13,21H,1-6,10-12H2. The van der Waals surface area contributed by atoms with Gasteiger partial charge in [-0.2, -0.15) is 0 Å². The van der Waals surface area contributed by atoms with Gasteiger partial charge in [-0.25, -0.2) is 4.79 Å². The second kappa shape index (κ2) is 6.10. The summed E-state index contributed by atoms with van der Waals surface area (Å²) in [5.41, 5.74) is 4.25. The van der Waals surface area contributed by atoms with Crippen LogP contribution in [0.2, 0.25) is 0 Å². The van der Waals surface area contributed by atoms with Gasteiger partial charge in [-0.15, -0.1) is 0 Å². The number of piperidine rings is 1. The molecule has 1 saturated heterocycles. The fourth-order valence-electron chi connectivity index (χ4n) is 4.11. The second-order valence-electron chi connectivity index (χ2n) is 6.99. The SMILES string of the molecule is O=c1cc(CN2CCCC(CO)C2)c2cc3c(cc2o1)CCC3. The highest BCUT2D eigenvalue weighted by molar-refractivity contribution is 5.82. The summed E-state index contributed by atoms with van der Waals surface area (Å²) in [6, 6.07) is 5.94. The van der Waals surface area contributed by atoms with Crippen LogP contribution < -0.4 is 5.63 Å². The Morgan fingerprint density at radius 3 is 2.83 bits per heavy atom. The summed E-state index contributed by atoms with van der Waals surface area (Å²) >= 11 is 0. The van der Waals surface area contributed by atoms with Crippen molar-refractivity contribution in [3.63, 3.8) is 0 Å². The van der Waals surface area contributed by atoms with E-state index in [9.17, 15) is 9.90 Å². The Balaban J connectivity index is 1.70. The molecule has 0 spiro atoms. The number of likely N-dealkylation sites (tertiary alicyclic amines) is 1. The van der Waals surface area contributed by atoms with E-state index >= 15 is 0 Å². The van der Waals surface area contributed by atoms with Crippen LogP contribution in [0.15, 0.2) is 27.4 Å². The molecule has 2 aromatic rings. The van der Waals surface area contributed by atoms with Crippen molar-refractivity contribution in [3.8, 4) is 0 Å². The van der Waals surface area contributed by atoms with Crippen LogP contribution in [0.3, 0.4) is 0 Å². The summed E-state index contributed by atoms with van der Waals surface area (Å²) in [4.78, 5) is 14.3. The smallest absolute Gasteiger partial charge is 0.336 e. The number of aliphatic hydroxyl groups excluding tert-OH is 1. The zero-order valence-electron chi connectivity index (χ0n) is 13.4. The minimum absolute atomic E-state index is 0.252. The van der Waals surface area contributed by atoms with E-state index in [2.05, 4.69) is 17.0 Å². The molecule has 1 unspecified atom stereocenters. The molecule has 1 fully saturated rings. The summed E-state index contributed by atoms with van der Waals surface area (Å²) in [6.07, 6.45) is 5.61. The minimum Gasteiger partial charge on any atom is -0.423 e. The van der Waals surface area contributed by atoms with Crippen molar-refractivity contribution < 1.29 is 9.52 Å². The maximum atomic E-state index is 11.9. The van der Waals surface area contributed by atoms with Gasteiger partial charge in [-0.3, -0.25) is 4.90 Å². The first kappa shape index (κ1) is 14.9. The molecule has 23 heavy (non-hydrogen) atoms. The molecule has 0 radical (unpaired) electrons. The van der Waals surface area contributed by atoms with Crippen molar-refractivity contribution in [2.45, 2.75) is 38.6 Å². The maximum absolute atomic E-state index is 11.9. The monoisotopic (exact) mass is 313 g/mol. The molecule has 2 aliphatic rings. The molecule has 0 saturated carbocycles. The van der Waals surface area contributed by atoms with Crippen molar-refractivity contribution >= 4 is 11.0 Å². The zero-order chi connectivity index (χ0) is 15.8. The molecule has 1 aliphatic carbocycles. The lowest BCUT2D eigenvalue weighted by atomic mass is 9.97. The number of hydrogen-bond acceptors (Lipinski definition) is 4. The van der Waals surface area contributed by atoms with E-state index in [4.69, 9.17) is 4.42 Å². The lowest BCUT2D eigenvalue weighted by Gasteiger charge is -2.31. The molecule has 4 nitrogen and oxygen atoms in total. The highest BCUT2D eigenvalue weighted by Crippen LogP contribution is 2.29. The highest BCUT2D eigenvalue weighted by atomic mass is 16.4. The van der Waals surface area contributed by atoms with Gasteiger partial charge in [-0.1, -0.05) is 0 Å². The van der Waals surface area contributed by atoms with Crippen LogP contribution in [0.1, 0.15) is 36.0 Å². The van der Waals surface area contributed by atoms with E-state index in [-0.39, 0.29) is 12.2 Å². The molecule has 4 rings (SSSR count). The molecule has 1 atom stereocenters. The molecule has 122 valence electrons. The summed E-state index contributed by atoms with van der Waals surface area (Å²) in [5.74, 6) is 0.361. The molecular weight excluding hydrogens is 290 g/mol. The van der Waals surface area contributed by atoms with Crippen molar-refractivity contribution in [1.29, 1.82) is 0 Å². The Bertz CT molecular complexity index is 780. The first-order chi connectivity index (χ1) is 11.2. The fraction of sp³-hybridized carbons (Fsp3) is 0.526. The van der Waals surface area contributed by atoms with Crippen LogP contribution in [-0.4, -0.2) is 29.7 Å². The molecule has 4 heteroatoms. The van der Waals surface area contributed by atoms with E-state index in [1.807, 2.05) is 0 Å². The van der Waals surface area contributed by atoms with Crippen LogP contribution in [0.4, 0.5) is 0 Å². The lowest BCUT2D eigenvalue weighted by molar-refractivity contribution is 0.116. The Kier molecular flexibility index (Phi) is 3.95. The average molecular weight is 313 g/mol. The minimum atomic E-state index is -0.263. The largest absolute Gasteiger partial charge is 0.423 e. The van der Waals surface area contributed by atoms with Crippen molar-refractivity contribution in [2.75, 3.05) is 19.7 Å². The predicted octanol–water partition coefficient (Wildman–Crippen LogP) is 2.49. The number of nitrogens with zero attached hydrogens (tertiary/aromatic N) is 1. The van der Waals surface area contributed by atoms with Gasteiger partial charge in [0, 0.05) is 31.1 Å². The number of rotatable bonds is 3. The summed E-state index contributed by atoms with van der Waals surface area (Å²) in [5, 5.41) is 10.5. The van der Waals surface area contributed by atoms with Gasteiger partial charge < -0.3 is 9.52 Å². The van der Waals surface area contributed by atoms with E-state index in [1.54, 1.807) is 6.07 Å². The quantitative estimate of drug-likeness (QED) is 0.885. The fourth-order valence-corrected chi connectivity index (χ4v) is 4.11. The molecule has 1 N–H and O–H groups in total. The second-order valence-corrected chi connectivity index (χ2v) is 6.99. The first-order valence-electron chi connectivity index (χ1n) is 8.64. The van der Waals surface area contributed by atoms with Gasteiger partial charge in [0.15, 0.2) is 0 Å². The van der Waals surface area contributed by atoms with E-state index < -0.39 is 0 Å². The molecule has 1 aliphatic heterocycles. The van der Waals surface area contributed by atoms with Crippen molar-refractivity contribution in [3.05, 3.63) is 45.3 Å². The van der Waals surface area contributed by atoms with Crippen LogP contribution in [-0.2, 0) is 19.4 Å². The highest BCUT2D eigenvalue weighted by Gasteiger charge is 2.21. The summed E-state index contributed by atoms with van der Waals surface area (Å²) in [7, 11) is 0. The summed E-state index contributed by atoms with van der Waals surface area (Å²) < 4.78 is 5.44. The molecule has 0 bridgehead atoms. The maximum Gasteiger partial charge on any atom is 0.336 e. The third-order valence-electron chi connectivity index (χ3n) is 5.30. The van der Waals surface area contributed by atoms with Crippen LogP contribution in [0.5, 0.6) is 0 Å². The Labute approximate surface area is 135 Å². The van der Waals surface area contributed by atoms with Crippen LogP contribution >= 0.6 is 0 Å². The predicted molar refractivity (Wildman–Crippen MR) is 89.6 cm³/mol. The summed E-state index contributed by atoms with van der Waals surface area (Å²) in [6.45, 7) is 2.95. The van der Waals surface area contributed by atoms with E-state index in [1.165, 1.54) is 17.5 Å². The average Bonchev–Trinajstić information content (AvgIpc) is 3.00. The van der Waals surface area contributed by atoms with Gasteiger partial charge in [0.05, 0.1) is 0 Å². The van der Waals surface area contributed by atoms with E-state index in [0.717, 1.165) is 61.9 Å². The number of hydrogen-bond donors (Lipinski definition) is 1. The van der Waals surface area contributed by atoms with E-state index in [0.29, 0.717) is 5.92 Å². The Hall–Kier alpha value is -1.65.